The van der Waals surface area contributed by atoms with Crippen molar-refractivity contribution in [3.05, 3.63) is 23.8 Å². The van der Waals surface area contributed by atoms with E-state index in [9.17, 15) is 0 Å². The molecule has 0 saturated carbocycles. The number of rotatable bonds is 4. The zero-order chi connectivity index (χ0) is 12.2. The molecule has 0 aliphatic rings. The van der Waals surface area contributed by atoms with Gasteiger partial charge in [0.15, 0.2) is 11.5 Å². The quantitative estimate of drug-likeness (QED) is 0.853. The molecule has 0 amide bonds. The summed E-state index contributed by atoms with van der Waals surface area (Å²) in [6.45, 7) is 6.12. The molecule has 0 unspecified atom stereocenters. The summed E-state index contributed by atoms with van der Waals surface area (Å²) in [6.07, 6.45) is 0.631. The largest absolute Gasteiger partial charge is 0.493 e. The normalized spacial score (nSPS) is 11.3. The maximum absolute atomic E-state index is 8.87. The lowest BCUT2D eigenvalue weighted by atomic mass is 10.1. The minimum Gasteiger partial charge on any atom is -0.493 e. The topological polar surface area (TPSA) is 38.7 Å². The Kier molecular flexibility index (Phi) is 4.19. The highest BCUT2D eigenvalue weighted by Gasteiger charge is 2.15. The van der Waals surface area contributed by atoms with Crippen molar-refractivity contribution in [1.29, 1.82) is 0 Å². The number of aliphatic hydroxyl groups is 1. The summed E-state index contributed by atoms with van der Waals surface area (Å²) >= 11 is 0. The molecule has 0 spiro atoms. The summed E-state index contributed by atoms with van der Waals surface area (Å²) in [5.41, 5.74) is 0.798. The highest BCUT2D eigenvalue weighted by molar-refractivity contribution is 5.43. The van der Waals surface area contributed by atoms with Crippen LogP contribution in [-0.4, -0.2) is 24.4 Å². The van der Waals surface area contributed by atoms with Crippen molar-refractivity contribution < 1.29 is 14.6 Å². The fraction of sp³-hybridized carbons (Fsp3) is 0.538. The molecule has 0 saturated heterocycles. The third-order valence-electron chi connectivity index (χ3n) is 2.04. The molecule has 1 aromatic carbocycles. The number of ether oxygens (including phenoxy) is 2. The van der Waals surface area contributed by atoms with Gasteiger partial charge < -0.3 is 14.6 Å². The van der Waals surface area contributed by atoms with E-state index in [2.05, 4.69) is 0 Å². The van der Waals surface area contributed by atoms with Crippen LogP contribution in [0.3, 0.4) is 0 Å². The van der Waals surface area contributed by atoms with Gasteiger partial charge in [0.25, 0.3) is 0 Å². The second kappa shape index (κ2) is 5.21. The maximum atomic E-state index is 8.87. The van der Waals surface area contributed by atoms with E-state index in [4.69, 9.17) is 14.6 Å². The number of hydrogen-bond donors (Lipinski definition) is 1. The number of aliphatic hydroxyl groups excluding tert-OH is 1. The van der Waals surface area contributed by atoms with Crippen molar-refractivity contribution in [2.75, 3.05) is 13.7 Å². The van der Waals surface area contributed by atoms with Crippen LogP contribution >= 0.6 is 0 Å². The van der Waals surface area contributed by atoms with Gasteiger partial charge in [-0.05, 0) is 44.9 Å². The van der Waals surface area contributed by atoms with E-state index in [1.165, 1.54) is 0 Å². The van der Waals surface area contributed by atoms with E-state index in [1.54, 1.807) is 7.11 Å². The van der Waals surface area contributed by atoms with E-state index < -0.39 is 0 Å². The lowest BCUT2D eigenvalue weighted by Crippen LogP contribution is -2.23. The second-order valence-corrected chi connectivity index (χ2v) is 4.67. The highest BCUT2D eigenvalue weighted by Crippen LogP contribution is 2.31. The first kappa shape index (κ1) is 12.8. The summed E-state index contributed by atoms with van der Waals surface area (Å²) < 4.78 is 11.0. The average Bonchev–Trinajstić information content (AvgIpc) is 2.18. The SMILES string of the molecule is COc1cc(CCO)ccc1OC(C)(C)C. The molecule has 90 valence electrons. The van der Waals surface area contributed by atoms with Gasteiger partial charge in [0.1, 0.15) is 5.60 Å². The van der Waals surface area contributed by atoms with Crippen LogP contribution in [0.25, 0.3) is 0 Å². The van der Waals surface area contributed by atoms with Crippen molar-refractivity contribution in [2.24, 2.45) is 0 Å². The van der Waals surface area contributed by atoms with Gasteiger partial charge in [-0.25, -0.2) is 0 Å². The number of hydrogen-bond acceptors (Lipinski definition) is 3. The van der Waals surface area contributed by atoms with Crippen molar-refractivity contribution >= 4 is 0 Å². The Morgan fingerprint density at radius 1 is 1.19 bits per heavy atom. The fourth-order valence-electron chi connectivity index (χ4n) is 1.41. The summed E-state index contributed by atoms with van der Waals surface area (Å²) in [4.78, 5) is 0. The first-order chi connectivity index (χ1) is 7.46. The van der Waals surface area contributed by atoms with Crippen LogP contribution in [0.15, 0.2) is 18.2 Å². The molecule has 1 rings (SSSR count). The number of benzene rings is 1. The van der Waals surface area contributed by atoms with E-state index >= 15 is 0 Å². The summed E-state index contributed by atoms with van der Waals surface area (Å²) in [5.74, 6) is 1.44. The minimum absolute atomic E-state index is 0.141. The van der Waals surface area contributed by atoms with Crippen LogP contribution in [0.2, 0.25) is 0 Å². The van der Waals surface area contributed by atoms with Gasteiger partial charge in [-0.1, -0.05) is 6.07 Å². The Labute approximate surface area is 97.0 Å². The Morgan fingerprint density at radius 2 is 1.88 bits per heavy atom. The van der Waals surface area contributed by atoms with Crippen molar-refractivity contribution in [3.8, 4) is 11.5 Å². The molecule has 1 aromatic rings. The molecule has 0 aliphatic carbocycles. The van der Waals surface area contributed by atoms with Crippen LogP contribution in [-0.2, 0) is 6.42 Å². The van der Waals surface area contributed by atoms with Crippen molar-refractivity contribution in [3.63, 3.8) is 0 Å². The Balaban J connectivity index is 2.93. The molecular formula is C13H20O3. The second-order valence-electron chi connectivity index (χ2n) is 4.67. The lowest BCUT2D eigenvalue weighted by molar-refractivity contribution is 0.125. The van der Waals surface area contributed by atoms with Gasteiger partial charge in [0, 0.05) is 6.61 Å². The number of methoxy groups -OCH3 is 1. The van der Waals surface area contributed by atoms with Crippen LogP contribution < -0.4 is 9.47 Å². The van der Waals surface area contributed by atoms with E-state index in [1.807, 2.05) is 39.0 Å². The molecule has 0 heterocycles. The lowest BCUT2D eigenvalue weighted by Gasteiger charge is -2.23. The first-order valence-corrected chi connectivity index (χ1v) is 5.43. The standard InChI is InChI=1S/C13H20O3/c1-13(2,3)16-11-6-5-10(7-8-14)9-12(11)15-4/h5-6,9,14H,7-8H2,1-4H3. The van der Waals surface area contributed by atoms with Crippen LogP contribution in [0.5, 0.6) is 11.5 Å². The Bertz CT molecular complexity index is 340. The zero-order valence-corrected chi connectivity index (χ0v) is 10.4. The molecule has 0 bridgehead atoms. The van der Waals surface area contributed by atoms with Crippen LogP contribution in [0.4, 0.5) is 0 Å². The predicted octanol–water partition coefficient (Wildman–Crippen LogP) is 2.41. The smallest absolute Gasteiger partial charge is 0.161 e. The van der Waals surface area contributed by atoms with Crippen molar-refractivity contribution in [1.82, 2.24) is 0 Å². The van der Waals surface area contributed by atoms with Crippen LogP contribution in [0.1, 0.15) is 26.3 Å². The molecule has 0 radical (unpaired) electrons. The monoisotopic (exact) mass is 224 g/mol. The van der Waals surface area contributed by atoms with Gasteiger partial charge in [-0.3, -0.25) is 0 Å². The third kappa shape index (κ3) is 3.74. The maximum Gasteiger partial charge on any atom is 0.161 e. The van der Waals surface area contributed by atoms with E-state index in [0.717, 1.165) is 11.3 Å². The minimum atomic E-state index is -0.244. The van der Waals surface area contributed by atoms with Gasteiger partial charge in [-0.2, -0.15) is 0 Å². The van der Waals surface area contributed by atoms with Gasteiger partial charge in [0.2, 0.25) is 0 Å². The van der Waals surface area contributed by atoms with Crippen LogP contribution in [0, 0.1) is 0 Å². The fourth-order valence-corrected chi connectivity index (χ4v) is 1.41. The molecule has 0 aliphatic heterocycles. The van der Waals surface area contributed by atoms with Crippen molar-refractivity contribution in [2.45, 2.75) is 32.8 Å². The zero-order valence-electron chi connectivity index (χ0n) is 10.4. The van der Waals surface area contributed by atoms with Gasteiger partial charge in [-0.15, -0.1) is 0 Å². The molecule has 0 fully saturated rings. The molecule has 3 heteroatoms. The van der Waals surface area contributed by atoms with E-state index in [0.29, 0.717) is 12.2 Å². The molecule has 0 aromatic heterocycles. The van der Waals surface area contributed by atoms with E-state index in [-0.39, 0.29) is 12.2 Å². The molecule has 0 atom stereocenters. The molecule has 3 nitrogen and oxygen atoms in total. The average molecular weight is 224 g/mol. The third-order valence-corrected chi connectivity index (χ3v) is 2.04. The first-order valence-electron chi connectivity index (χ1n) is 5.43. The Morgan fingerprint density at radius 3 is 2.38 bits per heavy atom. The molecule has 16 heavy (non-hydrogen) atoms. The highest BCUT2D eigenvalue weighted by atomic mass is 16.5. The Hall–Kier alpha value is -1.22. The summed E-state index contributed by atoms with van der Waals surface area (Å²) in [7, 11) is 1.62. The predicted molar refractivity (Wildman–Crippen MR) is 64.2 cm³/mol. The summed E-state index contributed by atoms with van der Waals surface area (Å²) in [5, 5.41) is 8.87. The van der Waals surface area contributed by atoms with Gasteiger partial charge in [0.05, 0.1) is 7.11 Å². The summed E-state index contributed by atoms with van der Waals surface area (Å²) in [6, 6.07) is 5.73. The molecule has 1 N–H and O–H groups in total. The van der Waals surface area contributed by atoms with Gasteiger partial charge >= 0.3 is 0 Å². The molecular weight excluding hydrogens is 204 g/mol.